The predicted octanol–water partition coefficient (Wildman–Crippen LogP) is 3.80. The maximum Gasteiger partial charge on any atom is 0.160 e. The van der Waals surface area contributed by atoms with E-state index in [1.807, 2.05) is 6.07 Å². The maximum absolute atomic E-state index is 5.37. The molecule has 114 valence electrons. The van der Waals surface area contributed by atoms with E-state index in [1.165, 1.54) is 31.2 Å². The van der Waals surface area contributed by atoms with Gasteiger partial charge in [-0.25, -0.2) is 0 Å². The fraction of sp³-hybridized carbons (Fsp3) is 0.647. The fourth-order valence-electron chi connectivity index (χ4n) is 2.50. The first-order chi connectivity index (χ1) is 9.74. The Balaban J connectivity index is 2.67. The summed E-state index contributed by atoms with van der Waals surface area (Å²) >= 11 is 0. The molecule has 1 N–H and O–H groups in total. The second-order valence-corrected chi connectivity index (χ2v) is 5.14. The first-order valence-electron chi connectivity index (χ1n) is 7.69. The molecule has 0 aliphatic rings. The van der Waals surface area contributed by atoms with Gasteiger partial charge in [0.15, 0.2) is 11.5 Å². The van der Waals surface area contributed by atoms with Gasteiger partial charge in [0, 0.05) is 6.04 Å². The van der Waals surface area contributed by atoms with E-state index in [1.54, 1.807) is 14.2 Å². The zero-order chi connectivity index (χ0) is 14.8. The SMILES string of the molecule is CCCCCC(Cc1ccc(OC)c(OC)c1)NCC. The minimum atomic E-state index is 0.546. The zero-order valence-electron chi connectivity index (χ0n) is 13.4. The van der Waals surface area contributed by atoms with E-state index in [0.717, 1.165) is 24.5 Å². The minimum absolute atomic E-state index is 0.546. The standard InChI is InChI=1S/C17H29NO2/c1-5-7-8-9-15(18-6-2)12-14-10-11-16(19-3)17(13-14)20-4/h10-11,13,15,18H,5-9,12H2,1-4H3. The van der Waals surface area contributed by atoms with Gasteiger partial charge < -0.3 is 14.8 Å². The predicted molar refractivity (Wildman–Crippen MR) is 84.9 cm³/mol. The van der Waals surface area contributed by atoms with E-state index in [-0.39, 0.29) is 0 Å². The van der Waals surface area contributed by atoms with Crippen LogP contribution in [0.1, 0.15) is 45.1 Å². The molecule has 1 atom stereocenters. The van der Waals surface area contributed by atoms with Crippen molar-refractivity contribution in [2.75, 3.05) is 20.8 Å². The van der Waals surface area contributed by atoms with E-state index < -0.39 is 0 Å². The Morgan fingerprint density at radius 2 is 1.80 bits per heavy atom. The molecule has 1 rings (SSSR count). The average Bonchev–Trinajstić information content (AvgIpc) is 2.47. The molecule has 0 bridgehead atoms. The fourth-order valence-corrected chi connectivity index (χ4v) is 2.50. The highest BCUT2D eigenvalue weighted by Gasteiger charge is 2.10. The summed E-state index contributed by atoms with van der Waals surface area (Å²) in [4.78, 5) is 0. The van der Waals surface area contributed by atoms with Crippen LogP contribution < -0.4 is 14.8 Å². The number of nitrogens with one attached hydrogen (secondary N) is 1. The molecule has 0 aliphatic heterocycles. The van der Waals surface area contributed by atoms with Crippen molar-refractivity contribution < 1.29 is 9.47 Å². The highest BCUT2D eigenvalue weighted by Crippen LogP contribution is 2.28. The lowest BCUT2D eigenvalue weighted by Crippen LogP contribution is -2.30. The molecule has 0 radical (unpaired) electrons. The number of methoxy groups -OCH3 is 2. The van der Waals surface area contributed by atoms with E-state index in [4.69, 9.17) is 9.47 Å². The third kappa shape index (κ3) is 5.41. The van der Waals surface area contributed by atoms with Crippen LogP contribution in [0.5, 0.6) is 11.5 Å². The second-order valence-electron chi connectivity index (χ2n) is 5.14. The molecule has 1 aromatic carbocycles. The van der Waals surface area contributed by atoms with Gasteiger partial charge in [0.2, 0.25) is 0 Å². The minimum Gasteiger partial charge on any atom is -0.493 e. The summed E-state index contributed by atoms with van der Waals surface area (Å²) < 4.78 is 10.7. The molecule has 0 spiro atoms. The van der Waals surface area contributed by atoms with E-state index in [9.17, 15) is 0 Å². The Bertz CT molecular complexity index is 379. The molecule has 1 unspecified atom stereocenters. The molecule has 3 heteroatoms. The van der Waals surface area contributed by atoms with Crippen LogP contribution in [0.25, 0.3) is 0 Å². The lowest BCUT2D eigenvalue weighted by molar-refractivity contribution is 0.354. The molecule has 0 saturated heterocycles. The number of unbranched alkanes of at least 4 members (excludes halogenated alkanes) is 2. The molecular formula is C17H29NO2. The molecule has 1 aromatic rings. The highest BCUT2D eigenvalue weighted by molar-refractivity contribution is 5.43. The van der Waals surface area contributed by atoms with Gasteiger partial charge in [0.25, 0.3) is 0 Å². The first kappa shape index (κ1) is 16.8. The Kier molecular flexibility index (Phi) is 8.12. The summed E-state index contributed by atoms with van der Waals surface area (Å²) in [7, 11) is 3.36. The van der Waals surface area contributed by atoms with E-state index in [0.29, 0.717) is 6.04 Å². The summed E-state index contributed by atoms with van der Waals surface area (Å²) in [6.45, 7) is 5.43. The summed E-state index contributed by atoms with van der Waals surface area (Å²) in [6, 6.07) is 6.75. The number of rotatable bonds is 10. The highest BCUT2D eigenvalue weighted by atomic mass is 16.5. The lowest BCUT2D eigenvalue weighted by atomic mass is 10.00. The van der Waals surface area contributed by atoms with Crippen molar-refractivity contribution >= 4 is 0 Å². The summed E-state index contributed by atoms with van der Waals surface area (Å²) in [5.74, 6) is 1.61. The summed E-state index contributed by atoms with van der Waals surface area (Å²) in [6.07, 6.45) is 6.15. The smallest absolute Gasteiger partial charge is 0.160 e. The van der Waals surface area contributed by atoms with Crippen molar-refractivity contribution in [1.29, 1.82) is 0 Å². The van der Waals surface area contributed by atoms with E-state index >= 15 is 0 Å². The van der Waals surface area contributed by atoms with Crippen LogP contribution in [0.2, 0.25) is 0 Å². The topological polar surface area (TPSA) is 30.5 Å². The third-order valence-corrected chi connectivity index (χ3v) is 3.58. The quantitative estimate of drug-likeness (QED) is 0.661. The third-order valence-electron chi connectivity index (χ3n) is 3.58. The van der Waals surface area contributed by atoms with Gasteiger partial charge in [-0.1, -0.05) is 39.2 Å². The van der Waals surface area contributed by atoms with Crippen molar-refractivity contribution in [2.45, 2.75) is 52.0 Å². The van der Waals surface area contributed by atoms with Crippen LogP contribution >= 0.6 is 0 Å². The van der Waals surface area contributed by atoms with Crippen molar-refractivity contribution in [3.05, 3.63) is 23.8 Å². The number of ether oxygens (including phenoxy) is 2. The van der Waals surface area contributed by atoms with Gasteiger partial charge in [-0.3, -0.25) is 0 Å². The Labute approximate surface area is 123 Å². The van der Waals surface area contributed by atoms with Crippen LogP contribution in [-0.2, 0) is 6.42 Å². The van der Waals surface area contributed by atoms with Gasteiger partial charge in [-0.15, -0.1) is 0 Å². The van der Waals surface area contributed by atoms with Gasteiger partial charge in [-0.05, 0) is 37.1 Å². The van der Waals surface area contributed by atoms with E-state index in [2.05, 4.69) is 31.3 Å². The zero-order valence-corrected chi connectivity index (χ0v) is 13.4. The van der Waals surface area contributed by atoms with Crippen molar-refractivity contribution in [3.8, 4) is 11.5 Å². The Morgan fingerprint density at radius 3 is 2.40 bits per heavy atom. The van der Waals surface area contributed by atoms with Gasteiger partial charge in [0.05, 0.1) is 14.2 Å². The average molecular weight is 279 g/mol. The molecule has 20 heavy (non-hydrogen) atoms. The maximum atomic E-state index is 5.37. The molecule has 0 fully saturated rings. The first-order valence-corrected chi connectivity index (χ1v) is 7.69. The number of likely N-dealkylation sites (N-methyl/N-ethyl adjacent to an activating group) is 1. The molecule has 3 nitrogen and oxygen atoms in total. The van der Waals surface area contributed by atoms with Crippen LogP contribution in [0.15, 0.2) is 18.2 Å². The van der Waals surface area contributed by atoms with Crippen LogP contribution in [-0.4, -0.2) is 26.8 Å². The van der Waals surface area contributed by atoms with Crippen LogP contribution in [0.3, 0.4) is 0 Å². The largest absolute Gasteiger partial charge is 0.493 e. The van der Waals surface area contributed by atoms with Crippen molar-refractivity contribution in [1.82, 2.24) is 5.32 Å². The second kappa shape index (κ2) is 9.65. The normalized spacial score (nSPS) is 12.2. The van der Waals surface area contributed by atoms with Gasteiger partial charge >= 0.3 is 0 Å². The van der Waals surface area contributed by atoms with Crippen molar-refractivity contribution in [2.24, 2.45) is 0 Å². The molecule has 0 heterocycles. The Morgan fingerprint density at radius 1 is 1.05 bits per heavy atom. The molecular weight excluding hydrogens is 250 g/mol. The number of benzene rings is 1. The summed E-state index contributed by atoms with van der Waals surface area (Å²) in [5.41, 5.74) is 1.30. The van der Waals surface area contributed by atoms with Gasteiger partial charge in [0.1, 0.15) is 0 Å². The van der Waals surface area contributed by atoms with Crippen LogP contribution in [0.4, 0.5) is 0 Å². The molecule has 0 aliphatic carbocycles. The number of hydrogen-bond acceptors (Lipinski definition) is 3. The molecule has 0 aromatic heterocycles. The van der Waals surface area contributed by atoms with Gasteiger partial charge in [-0.2, -0.15) is 0 Å². The molecule has 0 saturated carbocycles. The number of hydrogen-bond donors (Lipinski definition) is 1. The Hall–Kier alpha value is -1.22. The monoisotopic (exact) mass is 279 g/mol. The summed E-state index contributed by atoms with van der Waals surface area (Å²) in [5, 5.41) is 3.58. The molecule has 0 amide bonds. The van der Waals surface area contributed by atoms with Crippen LogP contribution in [0, 0.1) is 0 Å². The van der Waals surface area contributed by atoms with Crippen molar-refractivity contribution in [3.63, 3.8) is 0 Å². The lowest BCUT2D eigenvalue weighted by Gasteiger charge is -2.18.